The molecule has 2 aliphatic rings. The van der Waals surface area contributed by atoms with Crippen LogP contribution in [0.2, 0.25) is 0 Å². The zero-order chi connectivity index (χ0) is 13.2. The fourth-order valence-electron chi connectivity index (χ4n) is 3.54. The molecule has 0 bridgehead atoms. The summed E-state index contributed by atoms with van der Waals surface area (Å²) in [4.78, 5) is 8.49. The summed E-state index contributed by atoms with van der Waals surface area (Å²) in [6.07, 6.45) is 6.86. The number of aromatic nitrogens is 1. The highest BCUT2D eigenvalue weighted by Crippen LogP contribution is 2.40. The van der Waals surface area contributed by atoms with Crippen LogP contribution in [0.25, 0.3) is 0 Å². The van der Waals surface area contributed by atoms with Gasteiger partial charge in [0.25, 0.3) is 0 Å². The topological polar surface area (TPSA) is 51.4 Å². The highest BCUT2D eigenvalue weighted by atomic mass is 32.1. The largest absolute Gasteiger partial charge is 0.378 e. The molecule has 2 atom stereocenters. The lowest BCUT2D eigenvalue weighted by atomic mass is 9.85. The van der Waals surface area contributed by atoms with Crippen molar-refractivity contribution in [1.29, 1.82) is 0 Å². The average molecular weight is 281 g/mol. The molecule has 0 radical (unpaired) electrons. The van der Waals surface area contributed by atoms with Crippen molar-refractivity contribution in [3.8, 4) is 0 Å². The van der Waals surface area contributed by atoms with Crippen molar-refractivity contribution in [3.63, 3.8) is 0 Å². The Morgan fingerprint density at radius 3 is 3.00 bits per heavy atom. The number of rotatable bonds is 4. The first-order valence-electron chi connectivity index (χ1n) is 7.27. The Hall–Kier alpha value is -0.650. The van der Waals surface area contributed by atoms with Crippen LogP contribution in [0.1, 0.15) is 42.7 Å². The van der Waals surface area contributed by atoms with Crippen LogP contribution in [-0.2, 0) is 17.9 Å². The molecule has 2 unspecified atom stereocenters. The smallest absolute Gasteiger partial charge is 0.186 e. The number of anilines is 1. The van der Waals surface area contributed by atoms with E-state index in [-0.39, 0.29) is 0 Å². The third kappa shape index (κ3) is 2.51. The summed E-state index contributed by atoms with van der Waals surface area (Å²) in [5, 5.41) is 1.17. The molecule has 4 nitrogen and oxygen atoms in total. The monoisotopic (exact) mass is 281 g/mol. The van der Waals surface area contributed by atoms with E-state index >= 15 is 0 Å². The van der Waals surface area contributed by atoms with E-state index < -0.39 is 0 Å². The molecule has 5 heteroatoms. The first-order chi connectivity index (χ1) is 9.33. The molecule has 19 heavy (non-hydrogen) atoms. The minimum Gasteiger partial charge on any atom is -0.378 e. The zero-order valence-electron chi connectivity index (χ0n) is 11.6. The lowest BCUT2D eigenvalue weighted by molar-refractivity contribution is 0.181. The second-order valence-corrected chi connectivity index (χ2v) is 6.66. The maximum absolute atomic E-state index is 5.82. The molecular formula is C14H23N3OS. The Morgan fingerprint density at radius 2 is 2.21 bits per heavy atom. The molecule has 2 fully saturated rings. The molecule has 1 aromatic rings. The summed E-state index contributed by atoms with van der Waals surface area (Å²) in [6.45, 7) is 2.31. The number of nitrogens with zero attached hydrogens (tertiary/aromatic N) is 2. The fraction of sp³-hybridized carbons (Fsp3) is 0.786. The fourth-order valence-corrected chi connectivity index (χ4v) is 4.57. The van der Waals surface area contributed by atoms with Crippen molar-refractivity contribution >= 4 is 16.5 Å². The molecular weight excluding hydrogens is 258 g/mol. The molecule has 2 heterocycles. The maximum Gasteiger partial charge on any atom is 0.186 e. The molecule has 3 rings (SSSR count). The lowest BCUT2D eigenvalue weighted by Crippen LogP contribution is -2.34. The van der Waals surface area contributed by atoms with Crippen molar-refractivity contribution in [2.24, 2.45) is 11.7 Å². The van der Waals surface area contributed by atoms with Gasteiger partial charge in [0.05, 0.1) is 12.3 Å². The number of hydrogen-bond acceptors (Lipinski definition) is 5. The van der Waals surface area contributed by atoms with Gasteiger partial charge in [-0.3, -0.25) is 0 Å². The van der Waals surface area contributed by atoms with Crippen molar-refractivity contribution < 1.29 is 4.74 Å². The van der Waals surface area contributed by atoms with Crippen LogP contribution < -0.4 is 10.6 Å². The van der Waals surface area contributed by atoms with Gasteiger partial charge >= 0.3 is 0 Å². The quantitative estimate of drug-likeness (QED) is 0.921. The van der Waals surface area contributed by atoms with Crippen LogP contribution in [-0.4, -0.2) is 24.7 Å². The molecule has 0 aromatic carbocycles. The molecule has 2 N–H and O–H groups in total. The Labute approximate surface area is 119 Å². The van der Waals surface area contributed by atoms with E-state index in [4.69, 9.17) is 15.5 Å². The van der Waals surface area contributed by atoms with E-state index in [9.17, 15) is 0 Å². The van der Waals surface area contributed by atoms with Gasteiger partial charge in [0.15, 0.2) is 5.13 Å². The third-order valence-corrected chi connectivity index (χ3v) is 5.65. The van der Waals surface area contributed by atoms with Crippen LogP contribution in [0.5, 0.6) is 0 Å². The SMILES string of the molecule is COCc1nc(N2CCC3CCCCC32)sc1CN. The highest BCUT2D eigenvalue weighted by molar-refractivity contribution is 7.15. The first kappa shape index (κ1) is 13.3. The van der Waals surface area contributed by atoms with Crippen molar-refractivity contribution in [2.45, 2.75) is 51.3 Å². The summed E-state index contributed by atoms with van der Waals surface area (Å²) < 4.78 is 5.22. The molecule has 0 spiro atoms. The minimum absolute atomic E-state index is 0.568. The van der Waals surface area contributed by atoms with Gasteiger partial charge in [-0.25, -0.2) is 4.98 Å². The molecule has 106 valence electrons. The number of ether oxygens (including phenoxy) is 1. The summed E-state index contributed by atoms with van der Waals surface area (Å²) in [5.41, 5.74) is 6.85. The summed E-state index contributed by atoms with van der Waals surface area (Å²) in [7, 11) is 1.71. The van der Waals surface area contributed by atoms with Gasteiger partial charge in [-0.1, -0.05) is 12.8 Å². The predicted molar refractivity (Wildman–Crippen MR) is 78.4 cm³/mol. The molecule has 1 saturated heterocycles. The molecule has 1 aliphatic heterocycles. The predicted octanol–water partition coefficient (Wildman–Crippen LogP) is 2.52. The van der Waals surface area contributed by atoms with Crippen molar-refractivity contribution in [3.05, 3.63) is 10.6 Å². The maximum atomic E-state index is 5.82. The summed E-state index contributed by atoms with van der Waals surface area (Å²) >= 11 is 1.76. The molecule has 1 aliphatic carbocycles. The second kappa shape index (κ2) is 5.77. The minimum atomic E-state index is 0.568. The van der Waals surface area contributed by atoms with Crippen LogP contribution >= 0.6 is 11.3 Å². The normalized spacial score (nSPS) is 26.7. The van der Waals surface area contributed by atoms with Gasteiger partial charge in [-0.05, 0) is 25.2 Å². The van der Waals surface area contributed by atoms with Gasteiger partial charge in [-0.15, -0.1) is 11.3 Å². The Morgan fingerprint density at radius 1 is 1.37 bits per heavy atom. The summed E-state index contributed by atoms with van der Waals surface area (Å²) in [5.74, 6) is 0.893. The van der Waals surface area contributed by atoms with E-state index in [1.54, 1.807) is 18.4 Å². The van der Waals surface area contributed by atoms with Crippen LogP contribution in [0.3, 0.4) is 0 Å². The molecule has 1 aromatic heterocycles. The van der Waals surface area contributed by atoms with E-state index in [1.807, 2.05) is 0 Å². The summed E-state index contributed by atoms with van der Waals surface area (Å²) in [6, 6.07) is 0.723. The van der Waals surface area contributed by atoms with E-state index in [0.29, 0.717) is 13.2 Å². The highest BCUT2D eigenvalue weighted by Gasteiger charge is 2.37. The van der Waals surface area contributed by atoms with Crippen LogP contribution in [0.15, 0.2) is 0 Å². The zero-order valence-corrected chi connectivity index (χ0v) is 12.4. The number of thiazole rings is 1. The van der Waals surface area contributed by atoms with E-state index in [0.717, 1.165) is 17.7 Å². The average Bonchev–Trinajstić information content (AvgIpc) is 3.02. The second-order valence-electron chi connectivity index (χ2n) is 5.60. The third-order valence-electron chi connectivity index (χ3n) is 4.49. The Kier molecular flexibility index (Phi) is 4.05. The van der Waals surface area contributed by atoms with Gasteiger partial charge in [-0.2, -0.15) is 0 Å². The molecule has 1 saturated carbocycles. The van der Waals surface area contributed by atoms with Crippen LogP contribution in [0, 0.1) is 5.92 Å². The number of nitrogens with two attached hydrogens (primary N) is 1. The van der Waals surface area contributed by atoms with Gasteiger partial charge in [0.2, 0.25) is 0 Å². The molecule has 0 amide bonds. The standard InChI is InChI=1S/C14H23N3OS/c1-18-9-11-13(8-15)19-14(16-11)17-7-6-10-4-2-3-5-12(10)17/h10,12H,2-9,15H2,1H3. The van der Waals surface area contributed by atoms with E-state index in [2.05, 4.69) is 4.90 Å². The number of fused-ring (bicyclic) bond motifs is 1. The van der Waals surface area contributed by atoms with E-state index in [1.165, 1.54) is 48.7 Å². The van der Waals surface area contributed by atoms with Crippen LogP contribution in [0.4, 0.5) is 5.13 Å². The van der Waals surface area contributed by atoms with Gasteiger partial charge in [0.1, 0.15) is 0 Å². The van der Waals surface area contributed by atoms with Crippen molar-refractivity contribution in [2.75, 3.05) is 18.6 Å². The Bertz CT molecular complexity index is 434. The number of methoxy groups -OCH3 is 1. The Balaban J connectivity index is 1.81. The van der Waals surface area contributed by atoms with Gasteiger partial charge < -0.3 is 15.4 Å². The first-order valence-corrected chi connectivity index (χ1v) is 8.09. The number of hydrogen-bond donors (Lipinski definition) is 1. The lowest BCUT2D eigenvalue weighted by Gasteiger charge is -2.31. The van der Waals surface area contributed by atoms with Crippen molar-refractivity contribution in [1.82, 2.24) is 4.98 Å². The van der Waals surface area contributed by atoms with Gasteiger partial charge in [0, 0.05) is 31.1 Å².